The van der Waals surface area contributed by atoms with Gasteiger partial charge in [-0.3, -0.25) is 0 Å². The topological polar surface area (TPSA) is 154 Å². The third-order valence-electron chi connectivity index (χ3n) is 9.02. The van der Waals surface area contributed by atoms with Crippen molar-refractivity contribution >= 4 is 31.9 Å². The van der Waals surface area contributed by atoms with Crippen molar-refractivity contribution in [3.8, 4) is 11.1 Å². The van der Waals surface area contributed by atoms with Crippen molar-refractivity contribution in [1.29, 1.82) is 0 Å². The molecule has 1 amide bonds. The number of rotatable bonds is 6. The molecule has 0 spiro atoms. The number of carbonyl (C=O) groups is 1. The van der Waals surface area contributed by atoms with E-state index in [1.54, 1.807) is 37.8 Å². The Hall–Kier alpha value is -3.00. The van der Waals surface area contributed by atoms with Gasteiger partial charge in [0.25, 0.3) is 0 Å². The zero-order valence-corrected chi connectivity index (χ0v) is 26.2. The number of nitrogens with one attached hydrogen (secondary N) is 2. The van der Waals surface area contributed by atoms with E-state index in [9.17, 15) is 26.8 Å². The SMILES string of the molecule is CC(C)(C)OC(=O)N1CCC(NS(=O)(=O)c2ccc3c(c2)/C(=N/O)c2cc(S(=O)(=O)NC4CC5CCC4C5)ccc2-3)CC1. The van der Waals surface area contributed by atoms with E-state index in [-0.39, 0.29) is 27.6 Å². The Kier molecular flexibility index (Phi) is 7.59. The molecule has 1 heterocycles. The standard InChI is InChI=1S/C30H38N4O7S2/c1-30(2,3)41-29(35)34-12-10-20(11-13-34)32-42(37,38)21-6-8-23-24-9-7-22(17-26(24)28(31-36)25(23)16-21)43(39,40)33-27-15-18-4-5-19(27)14-18/h6-9,16-20,27,32-33,36H,4-5,10-15H2,1-3H3/b31-28-. The van der Waals surface area contributed by atoms with Crippen LogP contribution in [0.1, 0.15) is 70.4 Å². The van der Waals surface area contributed by atoms with Crippen LogP contribution >= 0.6 is 0 Å². The second-order valence-corrected chi connectivity index (χ2v) is 16.6. The number of ether oxygens (including phenoxy) is 1. The molecule has 3 atom stereocenters. The number of amides is 1. The summed E-state index contributed by atoms with van der Waals surface area (Å²) in [5.74, 6) is 0.963. The lowest BCUT2D eigenvalue weighted by Gasteiger charge is -2.33. The number of fused-ring (bicyclic) bond motifs is 5. The maximum Gasteiger partial charge on any atom is 0.410 e. The summed E-state index contributed by atoms with van der Waals surface area (Å²) in [5.41, 5.74) is 1.64. The molecule has 3 fully saturated rings. The Morgan fingerprint density at radius 3 is 1.93 bits per heavy atom. The fourth-order valence-corrected chi connectivity index (χ4v) is 9.62. The smallest absolute Gasteiger partial charge is 0.410 e. The van der Waals surface area contributed by atoms with Crippen LogP contribution < -0.4 is 9.44 Å². The van der Waals surface area contributed by atoms with Gasteiger partial charge in [-0.1, -0.05) is 23.7 Å². The largest absolute Gasteiger partial charge is 0.444 e. The Morgan fingerprint density at radius 1 is 0.860 bits per heavy atom. The molecule has 3 unspecified atom stereocenters. The van der Waals surface area contributed by atoms with Gasteiger partial charge in [-0.15, -0.1) is 0 Å². The molecular formula is C30H38N4O7S2. The second-order valence-electron chi connectivity index (χ2n) is 13.1. The van der Waals surface area contributed by atoms with Crippen LogP contribution in [0.2, 0.25) is 0 Å². The van der Waals surface area contributed by atoms with E-state index in [1.165, 1.54) is 24.3 Å². The van der Waals surface area contributed by atoms with E-state index in [0.717, 1.165) is 25.7 Å². The first-order valence-corrected chi connectivity index (χ1v) is 17.7. The summed E-state index contributed by atoms with van der Waals surface area (Å²) in [4.78, 5) is 14.0. The first-order valence-electron chi connectivity index (χ1n) is 14.8. The van der Waals surface area contributed by atoms with E-state index in [1.807, 2.05) is 0 Å². The molecule has 11 nitrogen and oxygen atoms in total. The van der Waals surface area contributed by atoms with Crippen LogP contribution in [-0.4, -0.2) is 69.5 Å². The summed E-state index contributed by atoms with van der Waals surface area (Å²) in [6.07, 6.45) is 4.59. The summed E-state index contributed by atoms with van der Waals surface area (Å²) in [6, 6.07) is 8.85. The van der Waals surface area contributed by atoms with Gasteiger partial charge >= 0.3 is 6.09 Å². The second kappa shape index (κ2) is 10.9. The van der Waals surface area contributed by atoms with Crippen LogP contribution in [-0.2, 0) is 24.8 Å². The molecule has 13 heteroatoms. The molecule has 1 aliphatic heterocycles. The van der Waals surface area contributed by atoms with Crippen molar-refractivity contribution in [3.05, 3.63) is 47.5 Å². The summed E-state index contributed by atoms with van der Waals surface area (Å²) in [7, 11) is -7.74. The van der Waals surface area contributed by atoms with Gasteiger partial charge in [-0.25, -0.2) is 31.1 Å². The van der Waals surface area contributed by atoms with E-state index < -0.39 is 31.7 Å². The number of benzene rings is 2. The minimum Gasteiger partial charge on any atom is -0.444 e. The molecule has 2 aromatic rings. The van der Waals surface area contributed by atoms with Crippen LogP contribution in [0.4, 0.5) is 4.79 Å². The third-order valence-corrected chi connectivity index (χ3v) is 12.0. The first-order chi connectivity index (χ1) is 20.2. The van der Waals surface area contributed by atoms with Gasteiger partial charge in [0.05, 0.1) is 9.79 Å². The van der Waals surface area contributed by atoms with E-state index in [2.05, 4.69) is 14.6 Å². The van der Waals surface area contributed by atoms with Gasteiger partial charge in [0.2, 0.25) is 20.0 Å². The number of hydrogen-bond acceptors (Lipinski definition) is 8. The predicted molar refractivity (Wildman–Crippen MR) is 160 cm³/mol. The van der Waals surface area contributed by atoms with E-state index >= 15 is 0 Å². The number of nitrogens with zero attached hydrogens (tertiary/aromatic N) is 2. The molecule has 2 saturated carbocycles. The maximum atomic E-state index is 13.4. The Morgan fingerprint density at radius 2 is 1.44 bits per heavy atom. The maximum absolute atomic E-state index is 13.4. The Bertz CT molecular complexity index is 1690. The molecule has 3 aliphatic carbocycles. The average molecular weight is 631 g/mol. The van der Waals surface area contributed by atoms with Crippen LogP contribution in [0.15, 0.2) is 51.3 Å². The molecule has 0 aromatic heterocycles. The zero-order valence-electron chi connectivity index (χ0n) is 24.5. The van der Waals surface area contributed by atoms with Crippen molar-refractivity contribution < 1.29 is 31.6 Å². The fourth-order valence-electron chi connectivity index (χ4n) is 6.95. The summed E-state index contributed by atoms with van der Waals surface area (Å²) >= 11 is 0. The van der Waals surface area contributed by atoms with Crippen molar-refractivity contribution in [2.75, 3.05) is 13.1 Å². The molecule has 0 radical (unpaired) electrons. The molecule has 3 N–H and O–H groups in total. The normalized spacial score (nSPS) is 24.8. The van der Waals surface area contributed by atoms with Crippen LogP contribution in [0.5, 0.6) is 0 Å². The summed E-state index contributed by atoms with van der Waals surface area (Å²) in [6.45, 7) is 6.12. The minimum atomic E-state index is -3.94. The summed E-state index contributed by atoms with van der Waals surface area (Å²) in [5, 5.41) is 13.4. The van der Waals surface area contributed by atoms with Gasteiger partial charge in [0.1, 0.15) is 11.3 Å². The van der Waals surface area contributed by atoms with Gasteiger partial charge < -0.3 is 14.8 Å². The Balaban J connectivity index is 1.17. The van der Waals surface area contributed by atoms with Crippen LogP contribution in [0, 0.1) is 11.8 Å². The predicted octanol–water partition coefficient (Wildman–Crippen LogP) is 4.04. The van der Waals surface area contributed by atoms with Crippen LogP contribution in [0.3, 0.4) is 0 Å². The van der Waals surface area contributed by atoms with Crippen molar-refractivity contribution in [3.63, 3.8) is 0 Å². The molecular weight excluding hydrogens is 592 g/mol. The lowest BCUT2D eigenvalue weighted by atomic mass is 9.96. The third kappa shape index (κ3) is 5.92. The molecule has 1 saturated heterocycles. The highest BCUT2D eigenvalue weighted by Crippen LogP contribution is 2.45. The van der Waals surface area contributed by atoms with Crippen LogP contribution in [0.25, 0.3) is 11.1 Å². The molecule has 232 valence electrons. The molecule has 2 bridgehead atoms. The molecule has 6 rings (SSSR count). The lowest BCUT2D eigenvalue weighted by molar-refractivity contribution is 0.0203. The van der Waals surface area contributed by atoms with Crippen molar-refractivity contribution in [2.45, 2.75) is 86.8 Å². The average Bonchev–Trinajstić information content (AvgIpc) is 3.64. The monoisotopic (exact) mass is 630 g/mol. The number of piperidine rings is 1. The number of likely N-dealkylation sites (tertiary alicyclic amines) is 1. The number of carbonyl (C=O) groups excluding carboxylic acids is 1. The zero-order chi connectivity index (χ0) is 30.7. The van der Waals surface area contributed by atoms with E-state index in [0.29, 0.717) is 60.0 Å². The lowest BCUT2D eigenvalue weighted by Crippen LogP contribution is -2.47. The van der Waals surface area contributed by atoms with Gasteiger partial charge in [-0.2, -0.15) is 0 Å². The molecule has 2 aromatic carbocycles. The highest BCUT2D eigenvalue weighted by Gasteiger charge is 2.41. The molecule has 4 aliphatic rings. The number of sulfonamides is 2. The minimum absolute atomic E-state index is 0.000533. The quantitative estimate of drug-likeness (QED) is 0.274. The summed E-state index contributed by atoms with van der Waals surface area (Å²) < 4.78 is 64.4. The Labute approximate surface area is 252 Å². The van der Waals surface area contributed by atoms with Gasteiger partial charge in [0, 0.05) is 36.3 Å². The van der Waals surface area contributed by atoms with Crippen molar-refractivity contribution in [1.82, 2.24) is 14.3 Å². The fraction of sp³-hybridized carbons (Fsp3) is 0.533. The highest BCUT2D eigenvalue weighted by molar-refractivity contribution is 7.89. The highest BCUT2D eigenvalue weighted by atomic mass is 32.2. The van der Waals surface area contributed by atoms with Gasteiger partial charge in [0.15, 0.2) is 0 Å². The molecule has 43 heavy (non-hydrogen) atoms. The number of hydrogen-bond donors (Lipinski definition) is 3. The first kappa shape index (κ1) is 30.0. The number of oxime groups is 1. The van der Waals surface area contributed by atoms with E-state index in [4.69, 9.17) is 4.74 Å². The van der Waals surface area contributed by atoms with Crippen molar-refractivity contribution in [2.24, 2.45) is 17.0 Å². The van der Waals surface area contributed by atoms with Gasteiger partial charge in [-0.05, 0) is 100 Å².